The molecule has 66 valence electrons. The normalized spacial score (nSPS) is 10.4. The molecule has 0 fully saturated rings. The molecule has 0 aliphatic rings. The van der Waals surface area contributed by atoms with Crippen LogP contribution in [-0.2, 0) is 0 Å². The van der Waals surface area contributed by atoms with Crippen LogP contribution in [0.15, 0.2) is 18.5 Å². The Labute approximate surface area is 74.2 Å². The third kappa shape index (κ3) is 1.76. The highest BCUT2D eigenvalue weighted by molar-refractivity contribution is 5.50. The Morgan fingerprint density at radius 3 is 2.58 bits per heavy atom. The molecule has 0 aromatic carbocycles. The van der Waals surface area contributed by atoms with E-state index in [0.29, 0.717) is 6.04 Å². The summed E-state index contributed by atoms with van der Waals surface area (Å²) in [6.07, 6.45) is 3.74. The second-order valence-electron chi connectivity index (χ2n) is 3.37. The molecule has 0 saturated heterocycles. The summed E-state index contributed by atoms with van der Waals surface area (Å²) in [5, 5.41) is 0. The Bertz CT molecular complexity index is 256. The summed E-state index contributed by atoms with van der Waals surface area (Å²) in [4.78, 5) is 6.33. The van der Waals surface area contributed by atoms with Crippen molar-refractivity contribution >= 4 is 5.69 Å². The van der Waals surface area contributed by atoms with Crippen molar-refractivity contribution in [3.8, 4) is 0 Å². The Morgan fingerprint density at radius 1 is 1.42 bits per heavy atom. The Kier molecular flexibility index (Phi) is 2.69. The van der Waals surface area contributed by atoms with Gasteiger partial charge in [0.15, 0.2) is 0 Å². The highest BCUT2D eigenvalue weighted by atomic mass is 15.1. The van der Waals surface area contributed by atoms with Crippen LogP contribution in [0.5, 0.6) is 0 Å². The average Bonchev–Trinajstić information content (AvgIpc) is 2.04. The number of anilines is 1. The first kappa shape index (κ1) is 9.04. The predicted molar refractivity (Wildman–Crippen MR) is 52.5 cm³/mol. The molecular weight excluding hydrogens is 148 g/mol. The topological polar surface area (TPSA) is 16.1 Å². The van der Waals surface area contributed by atoms with Crippen LogP contribution < -0.4 is 4.90 Å². The first-order chi connectivity index (χ1) is 5.63. The van der Waals surface area contributed by atoms with Crippen LogP contribution in [0.3, 0.4) is 0 Å². The number of aromatic nitrogens is 1. The summed E-state index contributed by atoms with van der Waals surface area (Å²) in [5.41, 5.74) is 2.49. The molecule has 0 N–H and O–H groups in total. The van der Waals surface area contributed by atoms with E-state index in [-0.39, 0.29) is 0 Å². The molecule has 0 bridgehead atoms. The van der Waals surface area contributed by atoms with Gasteiger partial charge in [0.05, 0.1) is 11.9 Å². The zero-order valence-corrected chi connectivity index (χ0v) is 8.20. The van der Waals surface area contributed by atoms with Crippen molar-refractivity contribution in [1.29, 1.82) is 0 Å². The lowest BCUT2D eigenvalue weighted by Crippen LogP contribution is -2.26. The molecular formula is C10H16N2. The molecule has 0 aliphatic carbocycles. The molecule has 0 unspecified atom stereocenters. The minimum absolute atomic E-state index is 0.521. The smallest absolute Gasteiger partial charge is 0.0582 e. The highest BCUT2D eigenvalue weighted by Crippen LogP contribution is 2.17. The van der Waals surface area contributed by atoms with Crippen LogP contribution >= 0.6 is 0 Å². The highest BCUT2D eigenvalue weighted by Gasteiger charge is 2.06. The van der Waals surface area contributed by atoms with E-state index in [0.717, 1.165) is 0 Å². The van der Waals surface area contributed by atoms with Gasteiger partial charge < -0.3 is 4.90 Å². The van der Waals surface area contributed by atoms with E-state index in [1.54, 1.807) is 0 Å². The number of rotatable bonds is 2. The molecule has 1 aromatic rings. The van der Waals surface area contributed by atoms with E-state index in [4.69, 9.17) is 0 Å². The van der Waals surface area contributed by atoms with Crippen molar-refractivity contribution < 1.29 is 0 Å². The van der Waals surface area contributed by atoms with Crippen molar-refractivity contribution in [1.82, 2.24) is 4.98 Å². The van der Waals surface area contributed by atoms with Gasteiger partial charge in [-0.3, -0.25) is 4.98 Å². The van der Waals surface area contributed by atoms with Crippen LogP contribution in [0, 0.1) is 6.92 Å². The number of pyridine rings is 1. The average molecular weight is 164 g/mol. The molecule has 0 aliphatic heterocycles. The van der Waals surface area contributed by atoms with Gasteiger partial charge in [0.1, 0.15) is 0 Å². The lowest BCUT2D eigenvalue weighted by atomic mass is 10.2. The maximum Gasteiger partial charge on any atom is 0.0582 e. The molecule has 2 heteroatoms. The van der Waals surface area contributed by atoms with Crippen LogP contribution in [0.1, 0.15) is 19.4 Å². The number of hydrogen-bond acceptors (Lipinski definition) is 2. The number of aryl methyl sites for hydroxylation is 1. The fourth-order valence-electron chi connectivity index (χ4n) is 1.10. The first-order valence-corrected chi connectivity index (χ1v) is 4.26. The van der Waals surface area contributed by atoms with E-state index in [2.05, 4.69) is 37.7 Å². The van der Waals surface area contributed by atoms with E-state index in [9.17, 15) is 0 Å². The molecule has 0 saturated carbocycles. The van der Waals surface area contributed by atoms with Gasteiger partial charge in [-0.05, 0) is 32.4 Å². The largest absolute Gasteiger partial charge is 0.371 e. The summed E-state index contributed by atoms with van der Waals surface area (Å²) in [7, 11) is 2.09. The van der Waals surface area contributed by atoms with Gasteiger partial charge in [-0.25, -0.2) is 0 Å². The minimum Gasteiger partial charge on any atom is -0.371 e. The second kappa shape index (κ2) is 3.57. The van der Waals surface area contributed by atoms with E-state index in [1.165, 1.54) is 11.3 Å². The van der Waals surface area contributed by atoms with Gasteiger partial charge in [-0.15, -0.1) is 0 Å². The minimum atomic E-state index is 0.521. The Morgan fingerprint density at radius 2 is 2.08 bits per heavy atom. The summed E-state index contributed by atoms with van der Waals surface area (Å²) in [6, 6.07) is 2.56. The van der Waals surface area contributed by atoms with Crippen LogP contribution in [0.4, 0.5) is 5.69 Å². The van der Waals surface area contributed by atoms with E-state index >= 15 is 0 Å². The van der Waals surface area contributed by atoms with Crippen molar-refractivity contribution in [2.75, 3.05) is 11.9 Å². The standard InChI is InChI=1S/C10H16N2/c1-8(2)12(4)10-7-11-6-5-9(10)3/h5-8H,1-4H3. The lowest BCUT2D eigenvalue weighted by molar-refractivity contribution is 0.750. The third-order valence-corrected chi connectivity index (χ3v) is 2.17. The summed E-state index contributed by atoms with van der Waals surface area (Å²) in [5.74, 6) is 0. The second-order valence-corrected chi connectivity index (χ2v) is 3.37. The van der Waals surface area contributed by atoms with E-state index < -0.39 is 0 Å². The maximum atomic E-state index is 4.11. The van der Waals surface area contributed by atoms with Crippen molar-refractivity contribution in [2.45, 2.75) is 26.8 Å². The molecule has 2 nitrogen and oxygen atoms in total. The van der Waals surface area contributed by atoms with Crippen molar-refractivity contribution in [2.24, 2.45) is 0 Å². The van der Waals surface area contributed by atoms with Gasteiger partial charge in [0.25, 0.3) is 0 Å². The molecule has 12 heavy (non-hydrogen) atoms. The van der Waals surface area contributed by atoms with Gasteiger partial charge in [-0.1, -0.05) is 0 Å². The Hall–Kier alpha value is -1.05. The SMILES string of the molecule is Cc1ccncc1N(C)C(C)C. The third-order valence-electron chi connectivity index (χ3n) is 2.17. The summed E-state index contributed by atoms with van der Waals surface area (Å²) in [6.45, 7) is 6.45. The molecule has 1 heterocycles. The van der Waals surface area contributed by atoms with E-state index in [1.807, 2.05) is 18.5 Å². The van der Waals surface area contributed by atoms with Gasteiger partial charge in [0.2, 0.25) is 0 Å². The fourth-order valence-corrected chi connectivity index (χ4v) is 1.10. The quantitative estimate of drug-likeness (QED) is 0.666. The zero-order valence-electron chi connectivity index (χ0n) is 8.20. The van der Waals surface area contributed by atoms with Crippen LogP contribution in [0.25, 0.3) is 0 Å². The number of nitrogens with zero attached hydrogens (tertiary/aromatic N) is 2. The monoisotopic (exact) mass is 164 g/mol. The molecule has 0 atom stereocenters. The predicted octanol–water partition coefficient (Wildman–Crippen LogP) is 2.23. The van der Waals surface area contributed by atoms with Crippen molar-refractivity contribution in [3.63, 3.8) is 0 Å². The van der Waals surface area contributed by atoms with Gasteiger partial charge in [0, 0.05) is 19.3 Å². The fraction of sp³-hybridized carbons (Fsp3) is 0.500. The molecule has 0 radical (unpaired) electrons. The van der Waals surface area contributed by atoms with Crippen LogP contribution in [0.2, 0.25) is 0 Å². The van der Waals surface area contributed by atoms with Gasteiger partial charge in [-0.2, -0.15) is 0 Å². The summed E-state index contributed by atoms with van der Waals surface area (Å²) >= 11 is 0. The molecule has 0 amide bonds. The molecule has 1 rings (SSSR count). The van der Waals surface area contributed by atoms with Crippen LogP contribution in [-0.4, -0.2) is 18.1 Å². The molecule has 1 aromatic heterocycles. The lowest BCUT2D eigenvalue weighted by Gasteiger charge is -2.24. The maximum absolute atomic E-state index is 4.11. The summed E-state index contributed by atoms with van der Waals surface area (Å²) < 4.78 is 0. The van der Waals surface area contributed by atoms with Gasteiger partial charge >= 0.3 is 0 Å². The molecule has 0 spiro atoms. The number of hydrogen-bond donors (Lipinski definition) is 0. The zero-order chi connectivity index (χ0) is 9.14. The Balaban J connectivity index is 2.94. The van der Waals surface area contributed by atoms with Crippen molar-refractivity contribution in [3.05, 3.63) is 24.0 Å². The first-order valence-electron chi connectivity index (χ1n) is 4.26.